The van der Waals surface area contributed by atoms with Crippen LogP contribution in [0.2, 0.25) is 5.02 Å². The van der Waals surface area contributed by atoms with Crippen LogP contribution in [0.1, 0.15) is 28.2 Å². The van der Waals surface area contributed by atoms with Gasteiger partial charge in [0.25, 0.3) is 0 Å². The number of aryl methyl sites for hydroxylation is 1. The number of likely N-dealkylation sites (N-methyl/N-ethyl adjacent to an activating group) is 1. The van der Waals surface area contributed by atoms with E-state index in [0.29, 0.717) is 5.92 Å². The number of hydrogen-bond donors (Lipinski definition) is 0. The molecule has 3 rings (SSSR count). The summed E-state index contributed by atoms with van der Waals surface area (Å²) in [5, 5.41) is 0.804. The first kappa shape index (κ1) is 12.7. The molecule has 19 heavy (non-hydrogen) atoms. The Morgan fingerprint density at radius 3 is 2.58 bits per heavy atom. The Bertz CT molecular complexity index is 589. The van der Waals surface area contributed by atoms with Gasteiger partial charge in [0.1, 0.15) is 0 Å². The van der Waals surface area contributed by atoms with Crippen LogP contribution in [-0.2, 0) is 6.54 Å². The van der Waals surface area contributed by atoms with E-state index in [1.165, 1.54) is 22.3 Å². The van der Waals surface area contributed by atoms with Gasteiger partial charge in [-0.05, 0) is 48.4 Å². The second-order valence-corrected chi connectivity index (χ2v) is 5.89. The number of halogens is 1. The maximum Gasteiger partial charge on any atom is 0.0406 e. The number of fused-ring (bicyclic) bond motifs is 1. The smallest absolute Gasteiger partial charge is 0.0406 e. The minimum atomic E-state index is 0.451. The first-order valence-corrected chi connectivity index (χ1v) is 7.05. The van der Waals surface area contributed by atoms with Crippen LogP contribution >= 0.6 is 11.6 Å². The quantitative estimate of drug-likeness (QED) is 0.750. The van der Waals surface area contributed by atoms with Crippen molar-refractivity contribution in [1.29, 1.82) is 0 Å². The summed E-state index contributed by atoms with van der Waals surface area (Å²) >= 11 is 6.00. The molecule has 1 heterocycles. The molecule has 0 saturated heterocycles. The monoisotopic (exact) mass is 271 g/mol. The molecular formula is C17H18ClN. The van der Waals surface area contributed by atoms with Crippen molar-refractivity contribution in [2.24, 2.45) is 0 Å². The Kier molecular flexibility index (Phi) is 3.34. The fourth-order valence-electron chi connectivity index (χ4n) is 3.10. The van der Waals surface area contributed by atoms with Crippen LogP contribution in [0.5, 0.6) is 0 Å². The average molecular weight is 272 g/mol. The van der Waals surface area contributed by atoms with Crippen molar-refractivity contribution in [3.8, 4) is 0 Å². The zero-order valence-electron chi connectivity index (χ0n) is 11.4. The fourth-order valence-corrected chi connectivity index (χ4v) is 3.23. The highest BCUT2D eigenvalue weighted by atomic mass is 35.5. The molecular weight excluding hydrogens is 254 g/mol. The first-order valence-electron chi connectivity index (χ1n) is 6.67. The van der Waals surface area contributed by atoms with Gasteiger partial charge in [-0.2, -0.15) is 0 Å². The predicted octanol–water partition coefficient (Wildman–Crippen LogP) is 4.23. The summed E-state index contributed by atoms with van der Waals surface area (Å²) in [4.78, 5) is 2.39. The lowest BCUT2D eigenvalue weighted by Gasteiger charge is -2.33. The molecule has 2 aromatic rings. The number of rotatable bonds is 1. The molecule has 0 N–H and O–H groups in total. The van der Waals surface area contributed by atoms with Crippen molar-refractivity contribution in [2.75, 3.05) is 13.6 Å². The largest absolute Gasteiger partial charge is 0.301 e. The van der Waals surface area contributed by atoms with E-state index in [1.807, 2.05) is 12.1 Å². The van der Waals surface area contributed by atoms with E-state index in [2.05, 4.69) is 49.2 Å². The van der Waals surface area contributed by atoms with Gasteiger partial charge in [0, 0.05) is 24.0 Å². The van der Waals surface area contributed by atoms with E-state index >= 15 is 0 Å². The van der Waals surface area contributed by atoms with Gasteiger partial charge in [-0.3, -0.25) is 0 Å². The Labute approximate surface area is 119 Å². The lowest BCUT2D eigenvalue weighted by atomic mass is 9.82. The summed E-state index contributed by atoms with van der Waals surface area (Å²) in [5.41, 5.74) is 5.70. The molecule has 0 spiro atoms. The van der Waals surface area contributed by atoms with Crippen LogP contribution in [0, 0.1) is 6.92 Å². The number of hydrogen-bond acceptors (Lipinski definition) is 1. The highest BCUT2D eigenvalue weighted by Gasteiger charge is 2.25. The van der Waals surface area contributed by atoms with Crippen LogP contribution in [0.15, 0.2) is 42.5 Å². The molecule has 0 radical (unpaired) electrons. The standard InChI is InChI=1S/C17H18ClN/c1-12-4-3-5-14-10-19(2)11-16(17(12)14)13-6-8-15(18)9-7-13/h3-9,16H,10-11H2,1-2H3/t16-/m0/s1. The summed E-state index contributed by atoms with van der Waals surface area (Å²) < 4.78 is 0. The van der Waals surface area contributed by atoms with Crippen LogP contribution in [0.25, 0.3) is 0 Å². The molecule has 1 aliphatic rings. The Morgan fingerprint density at radius 1 is 1.11 bits per heavy atom. The van der Waals surface area contributed by atoms with E-state index in [9.17, 15) is 0 Å². The molecule has 0 aliphatic carbocycles. The molecule has 0 fully saturated rings. The van der Waals surface area contributed by atoms with E-state index in [-0.39, 0.29) is 0 Å². The van der Waals surface area contributed by atoms with Crippen molar-refractivity contribution < 1.29 is 0 Å². The molecule has 1 atom stereocenters. The topological polar surface area (TPSA) is 3.24 Å². The maximum absolute atomic E-state index is 6.00. The molecule has 0 bridgehead atoms. The summed E-state index contributed by atoms with van der Waals surface area (Å²) in [5.74, 6) is 0.451. The molecule has 2 heteroatoms. The number of benzene rings is 2. The summed E-state index contributed by atoms with van der Waals surface area (Å²) in [7, 11) is 2.19. The van der Waals surface area contributed by atoms with E-state index < -0.39 is 0 Å². The van der Waals surface area contributed by atoms with Gasteiger partial charge in [0.05, 0.1) is 0 Å². The molecule has 0 unspecified atom stereocenters. The SMILES string of the molecule is Cc1cccc2c1[C@H](c1ccc(Cl)cc1)CN(C)C2. The minimum absolute atomic E-state index is 0.451. The van der Waals surface area contributed by atoms with Crippen molar-refractivity contribution in [2.45, 2.75) is 19.4 Å². The van der Waals surface area contributed by atoms with Crippen molar-refractivity contribution in [3.63, 3.8) is 0 Å². The maximum atomic E-state index is 6.00. The molecule has 2 aromatic carbocycles. The van der Waals surface area contributed by atoms with Crippen LogP contribution in [0.3, 0.4) is 0 Å². The van der Waals surface area contributed by atoms with Crippen LogP contribution in [0.4, 0.5) is 0 Å². The fraction of sp³-hybridized carbons (Fsp3) is 0.294. The van der Waals surface area contributed by atoms with E-state index in [4.69, 9.17) is 11.6 Å². The van der Waals surface area contributed by atoms with E-state index in [0.717, 1.165) is 18.1 Å². The summed E-state index contributed by atoms with van der Waals surface area (Å²) in [6.45, 7) is 4.33. The molecule has 0 saturated carbocycles. The lowest BCUT2D eigenvalue weighted by molar-refractivity contribution is 0.294. The third-order valence-corrected chi connectivity index (χ3v) is 4.22. The predicted molar refractivity (Wildman–Crippen MR) is 80.8 cm³/mol. The second kappa shape index (κ2) is 4.99. The normalized spacial score (nSPS) is 19.2. The third-order valence-electron chi connectivity index (χ3n) is 3.97. The van der Waals surface area contributed by atoms with E-state index in [1.54, 1.807) is 0 Å². The number of nitrogens with zero attached hydrogens (tertiary/aromatic N) is 1. The van der Waals surface area contributed by atoms with Gasteiger partial charge in [-0.25, -0.2) is 0 Å². The van der Waals surface area contributed by atoms with Gasteiger partial charge in [0.2, 0.25) is 0 Å². The Balaban J connectivity index is 2.10. The van der Waals surface area contributed by atoms with Gasteiger partial charge in [-0.15, -0.1) is 0 Å². The highest BCUT2D eigenvalue weighted by molar-refractivity contribution is 6.30. The summed E-state index contributed by atoms with van der Waals surface area (Å²) in [6, 6.07) is 14.9. The average Bonchev–Trinajstić information content (AvgIpc) is 2.38. The van der Waals surface area contributed by atoms with Gasteiger partial charge >= 0.3 is 0 Å². The van der Waals surface area contributed by atoms with Crippen LogP contribution < -0.4 is 0 Å². The second-order valence-electron chi connectivity index (χ2n) is 5.45. The Morgan fingerprint density at radius 2 is 1.84 bits per heavy atom. The molecule has 0 aromatic heterocycles. The molecule has 1 aliphatic heterocycles. The van der Waals surface area contributed by atoms with Crippen molar-refractivity contribution >= 4 is 11.6 Å². The molecule has 98 valence electrons. The zero-order valence-corrected chi connectivity index (χ0v) is 12.1. The minimum Gasteiger partial charge on any atom is -0.301 e. The van der Waals surface area contributed by atoms with Gasteiger partial charge < -0.3 is 4.90 Å². The van der Waals surface area contributed by atoms with Gasteiger partial charge in [0.15, 0.2) is 0 Å². The van der Waals surface area contributed by atoms with Crippen LogP contribution in [-0.4, -0.2) is 18.5 Å². The van der Waals surface area contributed by atoms with Crippen molar-refractivity contribution in [1.82, 2.24) is 4.90 Å². The first-order chi connectivity index (χ1) is 9.15. The Hall–Kier alpha value is -1.31. The third kappa shape index (κ3) is 2.41. The molecule has 1 nitrogen and oxygen atoms in total. The zero-order chi connectivity index (χ0) is 13.4. The molecule has 0 amide bonds. The lowest BCUT2D eigenvalue weighted by Crippen LogP contribution is -2.31. The summed E-state index contributed by atoms with van der Waals surface area (Å²) in [6.07, 6.45) is 0. The highest BCUT2D eigenvalue weighted by Crippen LogP contribution is 2.35. The van der Waals surface area contributed by atoms with Gasteiger partial charge in [-0.1, -0.05) is 41.9 Å². The van der Waals surface area contributed by atoms with Crippen molar-refractivity contribution in [3.05, 3.63) is 69.7 Å².